The third kappa shape index (κ3) is 3.37. The number of nitrogens with one attached hydrogen (secondary N) is 1. The standard InChI is InChI=1S/C20H23N3O2/c1-25-17-4-2-3-15(13-17)19-18(9-12-23(19)16-5-6-16)22-20(24)14-7-10-21-11-8-14/h2-4,7-8,10-11,13,16,18-19H,5-6,9,12H2,1H3,(H,22,24)/t18-,19+/m0/s1. The summed E-state index contributed by atoms with van der Waals surface area (Å²) in [5.74, 6) is 0.831. The number of methoxy groups -OCH3 is 1. The minimum Gasteiger partial charge on any atom is -0.497 e. The van der Waals surface area contributed by atoms with Crippen molar-refractivity contribution in [2.45, 2.75) is 37.4 Å². The second-order valence-electron chi connectivity index (χ2n) is 6.79. The van der Waals surface area contributed by atoms with Gasteiger partial charge in [-0.1, -0.05) is 12.1 Å². The molecule has 5 heteroatoms. The molecule has 1 aromatic carbocycles. The summed E-state index contributed by atoms with van der Waals surface area (Å²) in [5.41, 5.74) is 1.87. The fourth-order valence-corrected chi connectivity index (χ4v) is 3.79. The normalized spacial score (nSPS) is 23.4. The van der Waals surface area contributed by atoms with Gasteiger partial charge in [-0.15, -0.1) is 0 Å². The number of ether oxygens (including phenoxy) is 1. The number of benzene rings is 1. The van der Waals surface area contributed by atoms with Crippen LogP contribution in [0.1, 0.15) is 41.2 Å². The van der Waals surface area contributed by atoms with Crippen molar-refractivity contribution in [2.75, 3.05) is 13.7 Å². The van der Waals surface area contributed by atoms with Gasteiger partial charge in [-0.25, -0.2) is 0 Å². The summed E-state index contributed by atoms with van der Waals surface area (Å²) in [7, 11) is 1.69. The molecule has 0 spiro atoms. The van der Waals surface area contributed by atoms with E-state index < -0.39 is 0 Å². The molecule has 4 rings (SSSR count). The Morgan fingerprint density at radius 1 is 1.20 bits per heavy atom. The van der Waals surface area contributed by atoms with E-state index in [0.717, 1.165) is 18.7 Å². The molecule has 25 heavy (non-hydrogen) atoms. The first kappa shape index (κ1) is 16.1. The van der Waals surface area contributed by atoms with Gasteiger partial charge in [0.15, 0.2) is 0 Å². The summed E-state index contributed by atoms with van der Waals surface area (Å²) in [6.45, 7) is 1.02. The Morgan fingerprint density at radius 3 is 2.72 bits per heavy atom. The van der Waals surface area contributed by atoms with Gasteiger partial charge < -0.3 is 10.1 Å². The molecule has 2 aromatic rings. The van der Waals surface area contributed by atoms with Crippen LogP contribution in [-0.2, 0) is 0 Å². The number of hydrogen-bond acceptors (Lipinski definition) is 4. The van der Waals surface area contributed by atoms with Crippen LogP contribution in [0.5, 0.6) is 5.75 Å². The van der Waals surface area contributed by atoms with Gasteiger partial charge in [-0.3, -0.25) is 14.7 Å². The molecule has 1 aliphatic heterocycles. The van der Waals surface area contributed by atoms with Crippen LogP contribution in [0, 0.1) is 0 Å². The molecular formula is C20H23N3O2. The predicted octanol–water partition coefficient (Wildman–Crippen LogP) is 2.80. The monoisotopic (exact) mass is 337 g/mol. The van der Waals surface area contributed by atoms with Gasteiger partial charge in [0.2, 0.25) is 0 Å². The topological polar surface area (TPSA) is 54.5 Å². The molecule has 1 N–H and O–H groups in total. The van der Waals surface area contributed by atoms with E-state index >= 15 is 0 Å². The van der Waals surface area contributed by atoms with Crippen molar-refractivity contribution in [3.05, 3.63) is 59.9 Å². The maximum atomic E-state index is 12.6. The molecule has 1 amide bonds. The lowest BCUT2D eigenvalue weighted by Gasteiger charge is -2.29. The summed E-state index contributed by atoms with van der Waals surface area (Å²) < 4.78 is 5.40. The summed E-state index contributed by atoms with van der Waals surface area (Å²) in [4.78, 5) is 19.1. The smallest absolute Gasteiger partial charge is 0.251 e. The van der Waals surface area contributed by atoms with Gasteiger partial charge in [0, 0.05) is 30.5 Å². The molecule has 1 aromatic heterocycles. The van der Waals surface area contributed by atoms with Crippen molar-refractivity contribution in [3.8, 4) is 5.75 Å². The van der Waals surface area contributed by atoms with Gasteiger partial charge in [0.05, 0.1) is 19.2 Å². The summed E-state index contributed by atoms with van der Waals surface area (Å²) in [5, 5.41) is 3.24. The molecule has 0 bridgehead atoms. The van der Waals surface area contributed by atoms with E-state index in [1.807, 2.05) is 12.1 Å². The molecule has 0 radical (unpaired) electrons. The van der Waals surface area contributed by atoms with E-state index in [4.69, 9.17) is 4.74 Å². The molecule has 1 saturated heterocycles. The van der Waals surface area contributed by atoms with Crippen molar-refractivity contribution >= 4 is 5.91 Å². The van der Waals surface area contributed by atoms with Crippen LogP contribution in [-0.4, -0.2) is 41.5 Å². The van der Waals surface area contributed by atoms with Crippen LogP contribution in [0.2, 0.25) is 0 Å². The maximum Gasteiger partial charge on any atom is 0.251 e. The SMILES string of the molecule is COc1cccc([C@@H]2[C@@H](NC(=O)c3ccncc3)CCN2C2CC2)c1. The van der Waals surface area contributed by atoms with Crippen molar-refractivity contribution in [2.24, 2.45) is 0 Å². The molecule has 1 aliphatic carbocycles. The summed E-state index contributed by atoms with van der Waals surface area (Å²) in [6, 6.07) is 12.7. The molecular weight excluding hydrogens is 314 g/mol. The van der Waals surface area contributed by atoms with Gasteiger partial charge >= 0.3 is 0 Å². The van der Waals surface area contributed by atoms with E-state index in [9.17, 15) is 4.79 Å². The number of carbonyl (C=O) groups excluding carboxylic acids is 1. The Hall–Kier alpha value is -2.40. The zero-order valence-corrected chi connectivity index (χ0v) is 14.4. The third-order valence-corrected chi connectivity index (χ3v) is 5.15. The van der Waals surface area contributed by atoms with E-state index in [1.165, 1.54) is 18.4 Å². The van der Waals surface area contributed by atoms with E-state index in [2.05, 4.69) is 27.3 Å². The lowest BCUT2D eigenvalue weighted by molar-refractivity contribution is 0.0923. The number of aromatic nitrogens is 1. The van der Waals surface area contributed by atoms with Crippen LogP contribution < -0.4 is 10.1 Å². The van der Waals surface area contributed by atoms with Crippen LogP contribution >= 0.6 is 0 Å². The zero-order valence-electron chi connectivity index (χ0n) is 14.4. The summed E-state index contributed by atoms with van der Waals surface area (Å²) >= 11 is 0. The average Bonchev–Trinajstić information content (AvgIpc) is 3.43. The Bertz CT molecular complexity index is 746. The van der Waals surface area contributed by atoms with Gasteiger partial charge in [0.25, 0.3) is 5.91 Å². The number of amides is 1. The van der Waals surface area contributed by atoms with Crippen LogP contribution in [0.4, 0.5) is 0 Å². The van der Waals surface area contributed by atoms with Crippen molar-refractivity contribution in [1.82, 2.24) is 15.2 Å². The molecule has 2 aliphatic rings. The lowest BCUT2D eigenvalue weighted by atomic mass is 9.99. The lowest BCUT2D eigenvalue weighted by Crippen LogP contribution is -2.40. The number of likely N-dealkylation sites (tertiary alicyclic amines) is 1. The van der Waals surface area contributed by atoms with E-state index in [0.29, 0.717) is 11.6 Å². The number of nitrogens with zero attached hydrogens (tertiary/aromatic N) is 2. The van der Waals surface area contributed by atoms with Crippen LogP contribution in [0.25, 0.3) is 0 Å². The molecule has 1 saturated carbocycles. The van der Waals surface area contributed by atoms with Crippen molar-refractivity contribution in [1.29, 1.82) is 0 Å². The summed E-state index contributed by atoms with van der Waals surface area (Å²) in [6.07, 6.45) is 6.78. The quantitative estimate of drug-likeness (QED) is 0.911. The first-order valence-corrected chi connectivity index (χ1v) is 8.87. The Kier molecular flexibility index (Phi) is 4.40. The molecule has 2 heterocycles. The molecule has 2 atom stereocenters. The first-order valence-electron chi connectivity index (χ1n) is 8.87. The number of hydrogen-bond donors (Lipinski definition) is 1. The van der Waals surface area contributed by atoms with Crippen LogP contribution in [0.15, 0.2) is 48.8 Å². The highest BCUT2D eigenvalue weighted by Crippen LogP contribution is 2.41. The largest absolute Gasteiger partial charge is 0.497 e. The second kappa shape index (κ2) is 6.84. The highest BCUT2D eigenvalue weighted by Gasteiger charge is 2.43. The highest BCUT2D eigenvalue weighted by atomic mass is 16.5. The number of rotatable bonds is 5. The fraction of sp³-hybridized carbons (Fsp3) is 0.400. The molecule has 130 valence electrons. The average molecular weight is 337 g/mol. The van der Waals surface area contributed by atoms with E-state index in [1.54, 1.807) is 31.6 Å². The molecule has 0 unspecified atom stereocenters. The van der Waals surface area contributed by atoms with Crippen molar-refractivity contribution < 1.29 is 9.53 Å². The minimum absolute atomic E-state index is 0.0297. The second-order valence-corrected chi connectivity index (χ2v) is 6.79. The van der Waals surface area contributed by atoms with Gasteiger partial charge in [-0.05, 0) is 49.1 Å². The maximum absolute atomic E-state index is 12.6. The van der Waals surface area contributed by atoms with Crippen LogP contribution in [0.3, 0.4) is 0 Å². The van der Waals surface area contributed by atoms with E-state index in [-0.39, 0.29) is 18.0 Å². The minimum atomic E-state index is -0.0297. The Labute approximate surface area is 148 Å². The van der Waals surface area contributed by atoms with Crippen molar-refractivity contribution in [3.63, 3.8) is 0 Å². The predicted molar refractivity (Wildman–Crippen MR) is 95.6 cm³/mol. The number of pyridine rings is 1. The van der Waals surface area contributed by atoms with Gasteiger partial charge in [-0.2, -0.15) is 0 Å². The Balaban J connectivity index is 1.58. The Morgan fingerprint density at radius 2 is 2.00 bits per heavy atom. The zero-order chi connectivity index (χ0) is 17.2. The molecule has 5 nitrogen and oxygen atoms in total. The number of carbonyl (C=O) groups is 1. The molecule has 2 fully saturated rings. The first-order chi connectivity index (χ1) is 12.3. The fourth-order valence-electron chi connectivity index (χ4n) is 3.79. The highest BCUT2D eigenvalue weighted by molar-refractivity contribution is 5.94. The third-order valence-electron chi connectivity index (χ3n) is 5.15. The van der Waals surface area contributed by atoms with Gasteiger partial charge in [0.1, 0.15) is 5.75 Å².